The van der Waals surface area contributed by atoms with Crippen LogP contribution in [0.15, 0.2) is 30.5 Å². The lowest BCUT2D eigenvalue weighted by molar-refractivity contribution is 0.627. The second kappa shape index (κ2) is 5.10. The summed E-state index contributed by atoms with van der Waals surface area (Å²) in [5.74, 6) is -0.225. The van der Waals surface area contributed by atoms with Crippen molar-refractivity contribution in [3.63, 3.8) is 0 Å². The summed E-state index contributed by atoms with van der Waals surface area (Å²) >= 11 is 0. The summed E-state index contributed by atoms with van der Waals surface area (Å²) in [6.45, 7) is 3.41. The Kier molecular flexibility index (Phi) is 3.54. The fourth-order valence-corrected chi connectivity index (χ4v) is 1.94. The summed E-state index contributed by atoms with van der Waals surface area (Å²) in [4.78, 5) is 0. The van der Waals surface area contributed by atoms with E-state index in [9.17, 15) is 4.39 Å². The zero-order chi connectivity index (χ0) is 12.3. The molecule has 0 fully saturated rings. The van der Waals surface area contributed by atoms with Crippen LogP contribution in [-0.2, 0) is 13.0 Å². The first kappa shape index (κ1) is 11.8. The minimum atomic E-state index is -0.225. The Morgan fingerprint density at radius 2 is 2.00 bits per heavy atom. The molecule has 0 amide bonds. The van der Waals surface area contributed by atoms with Crippen LogP contribution in [0.3, 0.4) is 0 Å². The van der Waals surface area contributed by atoms with Gasteiger partial charge in [0.2, 0.25) is 0 Å². The molecule has 0 aliphatic heterocycles. The molecule has 1 aromatic carbocycles. The highest BCUT2D eigenvalue weighted by Gasteiger charge is 2.11. The number of aromatic nitrogens is 2. The Bertz CT molecular complexity index is 488. The Labute approximate surface area is 100 Å². The van der Waals surface area contributed by atoms with E-state index in [1.54, 1.807) is 12.1 Å². The van der Waals surface area contributed by atoms with Crippen LogP contribution in [0.4, 0.5) is 4.39 Å². The summed E-state index contributed by atoms with van der Waals surface area (Å²) in [6, 6.07) is 6.49. The second-order valence-corrected chi connectivity index (χ2v) is 3.88. The molecule has 0 aliphatic carbocycles. The molecular formula is C13H16FN3. The smallest absolute Gasteiger partial charge is 0.123 e. The third-order valence-corrected chi connectivity index (χ3v) is 2.75. The molecule has 0 saturated carbocycles. The Morgan fingerprint density at radius 1 is 1.29 bits per heavy atom. The van der Waals surface area contributed by atoms with Crippen LogP contribution >= 0.6 is 0 Å². The molecule has 1 heterocycles. The number of hydrogen-bond donors (Lipinski definition) is 1. The average Bonchev–Trinajstić information content (AvgIpc) is 2.74. The summed E-state index contributed by atoms with van der Waals surface area (Å²) < 4.78 is 14.8. The quantitative estimate of drug-likeness (QED) is 0.879. The number of halogens is 1. The number of aryl methyl sites for hydroxylation is 1. The second-order valence-electron chi connectivity index (χ2n) is 3.88. The zero-order valence-corrected chi connectivity index (χ0v) is 9.86. The molecule has 1 aromatic heterocycles. The lowest BCUT2D eigenvalue weighted by Gasteiger charge is -2.07. The van der Waals surface area contributed by atoms with Gasteiger partial charge < -0.3 is 5.73 Å². The van der Waals surface area contributed by atoms with E-state index in [-0.39, 0.29) is 5.82 Å². The van der Waals surface area contributed by atoms with Gasteiger partial charge in [0.15, 0.2) is 0 Å². The summed E-state index contributed by atoms with van der Waals surface area (Å²) in [5.41, 5.74) is 8.72. The summed E-state index contributed by atoms with van der Waals surface area (Å²) in [6.07, 6.45) is 2.63. The predicted molar refractivity (Wildman–Crippen MR) is 66.1 cm³/mol. The van der Waals surface area contributed by atoms with E-state index in [0.717, 1.165) is 29.8 Å². The van der Waals surface area contributed by atoms with Crippen LogP contribution in [0.2, 0.25) is 0 Å². The highest BCUT2D eigenvalue weighted by Crippen LogP contribution is 2.24. The van der Waals surface area contributed by atoms with E-state index in [2.05, 4.69) is 5.10 Å². The van der Waals surface area contributed by atoms with Gasteiger partial charge in [0.05, 0.1) is 11.9 Å². The lowest BCUT2D eigenvalue weighted by atomic mass is 10.1. The predicted octanol–water partition coefficient (Wildman–Crippen LogP) is 2.21. The maximum atomic E-state index is 12.9. The minimum absolute atomic E-state index is 0.225. The van der Waals surface area contributed by atoms with Crippen molar-refractivity contribution in [3.05, 3.63) is 41.8 Å². The van der Waals surface area contributed by atoms with Crippen molar-refractivity contribution in [2.75, 3.05) is 6.54 Å². The van der Waals surface area contributed by atoms with Crippen molar-refractivity contribution in [3.8, 4) is 11.3 Å². The highest BCUT2D eigenvalue weighted by molar-refractivity contribution is 5.63. The van der Waals surface area contributed by atoms with Crippen molar-refractivity contribution < 1.29 is 4.39 Å². The molecule has 90 valence electrons. The first-order valence-corrected chi connectivity index (χ1v) is 5.77. The lowest BCUT2D eigenvalue weighted by Crippen LogP contribution is -2.05. The van der Waals surface area contributed by atoms with Crippen molar-refractivity contribution in [2.24, 2.45) is 5.73 Å². The molecule has 0 bridgehead atoms. The summed E-state index contributed by atoms with van der Waals surface area (Å²) in [5, 5.41) is 4.32. The SMILES string of the molecule is CCn1ncc(CCN)c1-c1ccc(F)cc1. The topological polar surface area (TPSA) is 43.8 Å². The molecule has 0 unspecified atom stereocenters. The first-order valence-electron chi connectivity index (χ1n) is 5.77. The number of rotatable bonds is 4. The fraction of sp³-hybridized carbons (Fsp3) is 0.308. The van der Waals surface area contributed by atoms with Gasteiger partial charge in [0.1, 0.15) is 5.82 Å². The third kappa shape index (κ3) is 2.36. The average molecular weight is 233 g/mol. The van der Waals surface area contributed by atoms with Gasteiger partial charge in [-0.1, -0.05) is 0 Å². The Balaban J connectivity index is 2.47. The zero-order valence-electron chi connectivity index (χ0n) is 9.86. The molecule has 0 radical (unpaired) electrons. The van der Waals surface area contributed by atoms with Crippen LogP contribution in [0.1, 0.15) is 12.5 Å². The fourth-order valence-electron chi connectivity index (χ4n) is 1.94. The number of nitrogens with zero attached hydrogens (tertiary/aromatic N) is 2. The van der Waals surface area contributed by atoms with Gasteiger partial charge in [-0.15, -0.1) is 0 Å². The van der Waals surface area contributed by atoms with Gasteiger partial charge in [0, 0.05) is 12.1 Å². The van der Waals surface area contributed by atoms with Crippen molar-refractivity contribution in [2.45, 2.75) is 19.9 Å². The molecular weight excluding hydrogens is 217 g/mol. The van der Waals surface area contributed by atoms with E-state index in [4.69, 9.17) is 5.73 Å². The van der Waals surface area contributed by atoms with E-state index in [1.165, 1.54) is 12.1 Å². The van der Waals surface area contributed by atoms with Gasteiger partial charge >= 0.3 is 0 Å². The third-order valence-electron chi connectivity index (χ3n) is 2.75. The highest BCUT2D eigenvalue weighted by atomic mass is 19.1. The maximum Gasteiger partial charge on any atom is 0.123 e. The van der Waals surface area contributed by atoms with E-state index in [0.29, 0.717) is 6.54 Å². The molecule has 3 nitrogen and oxygen atoms in total. The van der Waals surface area contributed by atoms with Gasteiger partial charge in [-0.05, 0) is 49.7 Å². The largest absolute Gasteiger partial charge is 0.330 e. The standard InChI is InChI=1S/C13H16FN3/c1-2-17-13(11(7-8-15)9-16-17)10-3-5-12(14)6-4-10/h3-6,9H,2,7-8,15H2,1H3. The molecule has 2 N–H and O–H groups in total. The van der Waals surface area contributed by atoms with Gasteiger partial charge in [-0.2, -0.15) is 5.10 Å². The molecule has 4 heteroatoms. The van der Waals surface area contributed by atoms with E-state index >= 15 is 0 Å². The molecule has 0 atom stereocenters. The molecule has 0 spiro atoms. The van der Waals surface area contributed by atoms with E-state index in [1.807, 2.05) is 17.8 Å². The Hall–Kier alpha value is -1.68. The Morgan fingerprint density at radius 3 is 2.59 bits per heavy atom. The van der Waals surface area contributed by atoms with Gasteiger partial charge in [-0.25, -0.2) is 4.39 Å². The number of hydrogen-bond acceptors (Lipinski definition) is 2. The number of benzene rings is 1. The van der Waals surface area contributed by atoms with Crippen molar-refractivity contribution >= 4 is 0 Å². The summed E-state index contributed by atoms with van der Waals surface area (Å²) in [7, 11) is 0. The van der Waals surface area contributed by atoms with Gasteiger partial charge in [-0.3, -0.25) is 4.68 Å². The van der Waals surface area contributed by atoms with Crippen LogP contribution in [0.25, 0.3) is 11.3 Å². The van der Waals surface area contributed by atoms with Crippen molar-refractivity contribution in [1.29, 1.82) is 0 Å². The van der Waals surface area contributed by atoms with Crippen LogP contribution in [0, 0.1) is 5.82 Å². The molecule has 0 saturated heterocycles. The molecule has 2 rings (SSSR count). The molecule has 2 aromatic rings. The normalized spacial score (nSPS) is 10.8. The number of nitrogens with two attached hydrogens (primary N) is 1. The maximum absolute atomic E-state index is 12.9. The van der Waals surface area contributed by atoms with Crippen LogP contribution in [0.5, 0.6) is 0 Å². The van der Waals surface area contributed by atoms with Crippen LogP contribution < -0.4 is 5.73 Å². The minimum Gasteiger partial charge on any atom is -0.330 e. The monoisotopic (exact) mass is 233 g/mol. The molecule has 17 heavy (non-hydrogen) atoms. The molecule has 0 aliphatic rings. The van der Waals surface area contributed by atoms with E-state index < -0.39 is 0 Å². The van der Waals surface area contributed by atoms with Crippen LogP contribution in [-0.4, -0.2) is 16.3 Å². The van der Waals surface area contributed by atoms with Crippen molar-refractivity contribution in [1.82, 2.24) is 9.78 Å². The first-order chi connectivity index (χ1) is 8.26. The van der Waals surface area contributed by atoms with Gasteiger partial charge in [0.25, 0.3) is 0 Å².